The first-order valence-corrected chi connectivity index (χ1v) is 11.6. The molecule has 31 heavy (non-hydrogen) atoms. The standard InChI is InChI=1S/C23H27N5O2S/c1-4-12-27-22(30)21-18(11-13-31-21)28-19(25-26-23(27)28)9-10-20(29)24-14-16-5-7-17(8-6-16)15(2)3/h5-8,11,13,15H,4,9-10,12,14H2,1-3H3,(H,24,29). The number of aryl methyl sites for hydroxylation is 2. The van der Waals surface area contributed by atoms with E-state index in [2.05, 4.69) is 53.6 Å². The third kappa shape index (κ3) is 4.25. The van der Waals surface area contributed by atoms with Crippen molar-refractivity contribution in [2.24, 2.45) is 0 Å². The molecule has 1 amide bonds. The number of aromatic nitrogens is 4. The van der Waals surface area contributed by atoms with Crippen LogP contribution < -0.4 is 10.9 Å². The maximum atomic E-state index is 12.8. The van der Waals surface area contributed by atoms with Crippen molar-refractivity contribution in [2.75, 3.05) is 0 Å². The summed E-state index contributed by atoms with van der Waals surface area (Å²) in [7, 11) is 0. The number of nitrogens with one attached hydrogen (secondary N) is 1. The van der Waals surface area contributed by atoms with Crippen LogP contribution in [0.4, 0.5) is 0 Å². The Morgan fingerprint density at radius 1 is 1.16 bits per heavy atom. The van der Waals surface area contributed by atoms with E-state index in [0.717, 1.165) is 17.5 Å². The van der Waals surface area contributed by atoms with Gasteiger partial charge in [-0.15, -0.1) is 21.5 Å². The number of hydrogen-bond donors (Lipinski definition) is 1. The molecule has 0 spiro atoms. The van der Waals surface area contributed by atoms with Crippen LogP contribution in [0.25, 0.3) is 16.0 Å². The summed E-state index contributed by atoms with van der Waals surface area (Å²) in [6, 6.07) is 10.2. The van der Waals surface area contributed by atoms with Gasteiger partial charge in [0.25, 0.3) is 5.56 Å². The normalized spacial score (nSPS) is 11.6. The Bertz CT molecular complexity index is 1270. The van der Waals surface area contributed by atoms with Crippen molar-refractivity contribution in [2.45, 2.75) is 59.0 Å². The van der Waals surface area contributed by atoms with Gasteiger partial charge in [-0.25, -0.2) is 0 Å². The summed E-state index contributed by atoms with van der Waals surface area (Å²) in [5.41, 5.74) is 3.15. The Morgan fingerprint density at radius 3 is 2.65 bits per heavy atom. The van der Waals surface area contributed by atoms with Crippen molar-refractivity contribution in [3.63, 3.8) is 0 Å². The predicted molar refractivity (Wildman–Crippen MR) is 124 cm³/mol. The molecule has 4 rings (SSSR count). The summed E-state index contributed by atoms with van der Waals surface area (Å²) in [5, 5.41) is 13.5. The van der Waals surface area contributed by atoms with E-state index in [4.69, 9.17) is 0 Å². The fraction of sp³-hybridized carbons (Fsp3) is 0.391. The maximum Gasteiger partial charge on any atom is 0.272 e. The van der Waals surface area contributed by atoms with Gasteiger partial charge in [0.15, 0.2) is 0 Å². The van der Waals surface area contributed by atoms with Gasteiger partial charge in [0, 0.05) is 25.9 Å². The fourth-order valence-electron chi connectivity index (χ4n) is 3.70. The van der Waals surface area contributed by atoms with Crippen molar-refractivity contribution in [1.82, 2.24) is 24.5 Å². The molecule has 162 valence electrons. The van der Waals surface area contributed by atoms with Crippen LogP contribution in [0, 0.1) is 0 Å². The minimum absolute atomic E-state index is 0.0282. The van der Waals surface area contributed by atoms with E-state index in [1.807, 2.05) is 22.8 Å². The summed E-state index contributed by atoms with van der Waals surface area (Å²) < 4.78 is 4.29. The molecule has 0 fully saturated rings. The van der Waals surface area contributed by atoms with E-state index in [-0.39, 0.29) is 11.5 Å². The molecule has 1 aromatic carbocycles. The Kier molecular flexibility index (Phi) is 6.18. The van der Waals surface area contributed by atoms with Gasteiger partial charge in [0.1, 0.15) is 10.5 Å². The van der Waals surface area contributed by atoms with Crippen molar-refractivity contribution in [1.29, 1.82) is 0 Å². The quantitative estimate of drug-likeness (QED) is 0.453. The van der Waals surface area contributed by atoms with Crippen LogP contribution in [0.3, 0.4) is 0 Å². The lowest BCUT2D eigenvalue weighted by molar-refractivity contribution is -0.121. The van der Waals surface area contributed by atoms with Crippen LogP contribution in [0.1, 0.15) is 56.5 Å². The average Bonchev–Trinajstić information content (AvgIpc) is 3.41. The molecule has 3 aromatic heterocycles. The Balaban J connectivity index is 1.48. The maximum absolute atomic E-state index is 12.8. The van der Waals surface area contributed by atoms with Crippen molar-refractivity contribution >= 4 is 33.2 Å². The first kappa shape index (κ1) is 21.2. The monoisotopic (exact) mass is 437 g/mol. The summed E-state index contributed by atoms with van der Waals surface area (Å²) in [6.45, 7) is 7.44. The van der Waals surface area contributed by atoms with Crippen LogP contribution in [-0.2, 0) is 24.3 Å². The van der Waals surface area contributed by atoms with Gasteiger partial charge in [-0.1, -0.05) is 45.0 Å². The van der Waals surface area contributed by atoms with E-state index in [1.54, 1.807) is 4.57 Å². The third-order valence-corrected chi connectivity index (χ3v) is 6.33. The van der Waals surface area contributed by atoms with E-state index in [1.165, 1.54) is 16.9 Å². The zero-order chi connectivity index (χ0) is 22.0. The summed E-state index contributed by atoms with van der Waals surface area (Å²) in [4.78, 5) is 25.2. The molecule has 0 aliphatic carbocycles. The number of rotatable bonds is 8. The van der Waals surface area contributed by atoms with E-state index in [9.17, 15) is 9.59 Å². The van der Waals surface area contributed by atoms with Crippen molar-refractivity contribution in [3.8, 4) is 0 Å². The Labute approximate surface area is 184 Å². The molecule has 0 unspecified atom stereocenters. The first-order chi connectivity index (χ1) is 15.0. The summed E-state index contributed by atoms with van der Waals surface area (Å²) >= 11 is 1.42. The molecule has 4 aromatic rings. The molecule has 0 aliphatic rings. The molecular formula is C23H27N5O2S. The molecule has 0 saturated heterocycles. The lowest BCUT2D eigenvalue weighted by Gasteiger charge is -2.09. The highest BCUT2D eigenvalue weighted by atomic mass is 32.1. The second-order valence-corrected chi connectivity index (χ2v) is 8.93. The van der Waals surface area contributed by atoms with Crippen LogP contribution in [-0.4, -0.2) is 25.1 Å². The van der Waals surface area contributed by atoms with Crippen molar-refractivity contribution < 1.29 is 4.79 Å². The third-order valence-electron chi connectivity index (χ3n) is 5.44. The highest BCUT2D eigenvalue weighted by Crippen LogP contribution is 2.20. The lowest BCUT2D eigenvalue weighted by Crippen LogP contribution is -2.24. The number of fused-ring (bicyclic) bond motifs is 3. The number of carbonyl (C=O) groups is 1. The predicted octanol–water partition coefficient (Wildman–Crippen LogP) is 3.89. The highest BCUT2D eigenvalue weighted by Gasteiger charge is 2.17. The van der Waals surface area contributed by atoms with Crippen LogP contribution >= 0.6 is 11.3 Å². The number of hydrogen-bond acceptors (Lipinski definition) is 5. The van der Waals surface area contributed by atoms with Crippen LogP contribution in [0.5, 0.6) is 0 Å². The van der Waals surface area contributed by atoms with Gasteiger partial charge in [0.2, 0.25) is 11.7 Å². The summed E-state index contributed by atoms with van der Waals surface area (Å²) in [5.74, 6) is 1.69. The molecule has 0 saturated carbocycles. The van der Waals surface area contributed by atoms with Crippen LogP contribution in [0.15, 0.2) is 40.5 Å². The Morgan fingerprint density at radius 2 is 1.94 bits per heavy atom. The van der Waals surface area contributed by atoms with E-state index in [0.29, 0.717) is 48.2 Å². The average molecular weight is 438 g/mol. The molecule has 1 N–H and O–H groups in total. The SMILES string of the molecule is CCCn1c(=O)c2sccc2n2c(CCC(=O)NCc3ccc(C(C)C)cc3)nnc12. The number of amides is 1. The van der Waals surface area contributed by atoms with Gasteiger partial charge in [-0.2, -0.15) is 0 Å². The fourth-order valence-corrected chi connectivity index (χ4v) is 4.53. The zero-order valence-corrected chi connectivity index (χ0v) is 18.9. The van der Waals surface area contributed by atoms with Gasteiger partial charge in [0.05, 0.1) is 5.52 Å². The van der Waals surface area contributed by atoms with Gasteiger partial charge in [-0.05, 0) is 34.9 Å². The number of carbonyl (C=O) groups excluding carboxylic acids is 1. The molecule has 7 nitrogen and oxygen atoms in total. The second kappa shape index (κ2) is 9.01. The smallest absolute Gasteiger partial charge is 0.272 e. The van der Waals surface area contributed by atoms with Gasteiger partial charge in [-0.3, -0.25) is 18.6 Å². The number of benzene rings is 1. The minimum Gasteiger partial charge on any atom is -0.352 e. The van der Waals surface area contributed by atoms with Gasteiger partial charge >= 0.3 is 0 Å². The molecule has 0 radical (unpaired) electrons. The molecule has 3 heterocycles. The highest BCUT2D eigenvalue weighted by molar-refractivity contribution is 7.17. The molecule has 8 heteroatoms. The molecule has 0 aliphatic heterocycles. The zero-order valence-electron chi connectivity index (χ0n) is 18.1. The number of nitrogens with zero attached hydrogens (tertiary/aromatic N) is 4. The largest absolute Gasteiger partial charge is 0.352 e. The lowest BCUT2D eigenvalue weighted by atomic mass is 10.0. The Hall–Kier alpha value is -3.00. The van der Waals surface area contributed by atoms with Crippen LogP contribution in [0.2, 0.25) is 0 Å². The molecular weight excluding hydrogens is 410 g/mol. The second-order valence-electron chi connectivity index (χ2n) is 8.02. The molecule has 0 atom stereocenters. The molecule has 0 bridgehead atoms. The van der Waals surface area contributed by atoms with Gasteiger partial charge < -0.3 is 5.32 Å². The van der Waals surface area contributed by atoms with Crippen molar-refractivity contribution in [3.05, 3.63) is 63.0 Å². The van der Waals surface area contributed by atoms with E-state index < -0.39 is 0 Å². The first-order valence-electron chi connectivity index (χ1n) is 10.7. The number of thiophene rings is 1. The van der Waals surface area contributed by atoms with E-state index >= 15 is 0 Å². The topological polar surface area (TPSA) is 81.3 Å². The summed E-state index contributed by atoms with van der Waals surface area (Å²) in [6.07, 6.45) is 1.59. The minimum atomic E-state index is -0.0341.